The smallest absolute Gasteiger partial charge is 0.308 e. The Hall–Kier alpha value is -3.37. The molecule has 0 radical (unpaired) electrons. The molecule has 0 aromatic heterocycles. The van der Waals surface area contributed by atoms with Gasteiger partial charge in [0.15, 0.2) is 0 Å². The van der Waals surface area contributed by atoms with Gasteiger partial charge in [-0.05, 0) is 55.4 Å². The van der Waals surface area contributed by atoms with Crippen molar-refractivity contribution >= 4 is 28.0 Å². The lowest BCUT2D eigenvalue weighted by atomic mass is 10.0. The Labute approximate surface area is 193 Å². The van der Waals surface area contributed by atoms with E-state index in [4.69, 9.17) is 14.2 Å². The first-order valence-electron chi connectivity index (χ1n) is 10.1. The fraction of sp³-hybridized carbons (Fsp3) is 0.304. The van der Waals surface area contributed by atoms with Crippen LogP contribution < -0.4 is 19.5 Å². The predicted octanol–water partition coefficient (Wildman–Crippen LogP) is 2.44. The van der Waals surface area contributed by atoms with Crippen LogP contribution in [0.15, 0.2) is 53.4 Å². The summed E-state index contributed by atoms with van der Waals surface area (Å²) in [5, 5.41) is 2.79. The van der Waals surface area contributed by atoms with E-state index in [-0.39, 0.29) is 23.7 Å². The minimum atomic E-state index is -3.76. The molecule has 1 atom stereocenters. The van der Waals surface area contributed by atoms with Gasteiger partial charge in [0, 0.05) is 6.08 Å². The number of benzene rings is 2. The summed E-state index contributed by atoms with van der Waals surface area (Å²) in [6.07, 6.45) is 2.67. The van der Waals surface area contributed by atoms with E-state index >= 15 is 0 Å². The summed E-state index contributed by atoms with van der Waals surface area (Å²) in [6, 6.07) is 10.9. The van der Waals surface area contributed by atoms with Gasteiger partial charge in [-0.15, -0.1) is 0 Å². The van der Waals surface area contributed by atoms with Crippen LogP contribution in [0.4, 0.5) is 0 Å². The van der Waals surface area contributed by atoms with E-state index in [0.29, 0.717) is 16.9 Å². The first-order chi connectivity index (χ1) is 15.7. The second-order valence-electron chi connectivity index (χ2n) is 6.80. The fourth-order valence-electron chi connectivity index (χ4n) is 3.01. The molecule has 2 aromatic carbocycles. The zero-order valence-electron chi connectivity index (χ0n) is 19.0. The second kappa shape index (κ2) is 12.0. The van der Waals surface area contributed by atoms with E-state index in [9.17, 15) is 18.0 Å². The number of amides is 1. The van der Waals surface area contributed by atoms with Crippen LogP contribution in [0, 0.1) is 0 Å². The van der Waals surface area contributed by atoms with E-state index in [1.807, 2.05) is 0 Å². The highest BCUT2D eigenvalue weighted by Gasteiger charge is 2.20. The van der Waals surface area contributed by atoms with Crippen molar-refractivity contribution in [2.24, 2.45) is 0 Å². The molecule has 1 unspecified atom stereocenters. The Bertz CT molecular complexity index is 1110. The molecule has 0 spiro atoms. The van der Waals surface area contributed by atoms with Crippen LogP contribution in [0.2, 0.25) is 0 Å². The molecule has 10 heteroatoms. The molecule has 2 N–H and O–H groups in total. The maximum Gasteiger partial charge on any atom is 0.308 e. The van der Waals surface area contributed by atoms with Crippen LogP contribution in [0.5, 0.6) is 11.5 Å². The Morgan fingerprint density at radius 1 is 1.09 bits per heavy atom. The van der Waals surface area contributed by atoms with Gasteiger partial charge in [0.2, 0.25) is 15.9 Å². The van der Waals surface area contributed by atoms with Gasteiger partial charge in [0.25, 0.3) is 0 Å². The summed E-state index contributed by atoms with van der Waals surface area (Å²) >= 11 is 0. The van der Waals surface area contributed by atoms with Crippen molar-refractivity contribution < 1.29 is 32.2 Å². The number of esters is 1. The average Bonchev–Trinajstić information content (AvgIpc) is 2.82. The molecule has 0 aliphatic carbocycles. The van der Waals surface area contributed by atoms with Crippen LogP contribution in [0.1, 0.15) is 30.5 Å². The van der Waals surface area contributed by atoms with Gasteiger partial charge in [-0.2, -0.15) is 0 Å². The standard InChI is InChI=1S/C23H28N2O7S/c1-5-32-23(27)15-19(17-7-6-8-18(14-17)30-3)25-22(26)12-10-16-9-11-20(31-4)21(13-16)33(28,29)24-2/h6-14,19,24H,5,15H2,1-4H3,(H,25,26). The topological polar surface area (TPSA) is 120 Å². The zero-order valence-corrected chi connectivity index (χ0v) is 19.8. The number of methoxy groups -OCH3 is 2. The van der Waals surface area contributed by atoms with Gasteiger partial charge in [0.1, 0.15) is 16.4 Å². The number of hydrogen-bond acceptors (Lipinski definition) is 7. The summed E-state index contributed by atoms with van der Waals surface area (Å²) in [7, 11) is 0.439. The first-order valence-corrected chi connectivity index (χ1v) is 11.6. The zero-order chi connectivity index (χ0) is 24.4. The number of carbonyl (C=O) groups is 2. The van der Waals surface area contributed by atoms with Crippen LogP contribution in [-0.2, 0) is 24.3 Å². The SMILES string of the molecule is CCOC(=O)CC(NC(=O)C=Cc1ccc(OC)c(S(=O)(=O)NC)c1)c1cccc(OC)c1. The quantitative estimate of drug-likeness (QED) is 0.378. The van der Waals surface area contributed by atoms with Gasteiger partial charge in [-0.25, -0.2) is 13.1 Å². The van der Waals surface area contributed by atoms with E-state index < -0.39 is 27.9 Å². The summed E-state index contributed by atoms with van der Waals surface area (Å²) in [4.78, 5) is 24.6. The highest BCUT2D eigenvalue weighted by molar-refractivity contribution is 7.89. The number of ether oxygens (including phenoxy) is 3. The Balaban J connectivity index is 2.25. The molecule has 0 heterocycles. The molecule has 178 valence electrons. The highest BCUT2D eigenvalue weighted by atomic mass is 32.2. The van der Waals surface area contributed by atoms with E-state index in [0.717, 1.165) is 0 Å². The molecule has 1 amide bonds. The molecular weight excluding hydrogens is 448 g/mol. The monoisotopic (exact) mass is 476 g/mol. The number of nitrogens with one attached hydrogen (secondary N) is 2. The van der Waals surface area contributed by atoms with Gasteiger partial charge >= 0.3 is 5.97 Å². The molecule has 2 aromatic rings. The largest absolute Gasteiger partial charge is 0.497 e. The molecule has 0 aliphatic rings. The third-order valence-corrected chi connectivity index (χ3v) is 6.10. The Morgan fingerprint density at radius 3 is 2.48 bits per heavy atom. The van der Waals surface area contributed by atoms with Gasteiger partial charge in [-0.1, -0.05) is 18.2 Å². The van der Waals surface area contributed by atoms with Crippen LogP contribution in [0.25, 0.3) is 6.08 Å². The molecule has 0 fully saturated rings. The van der Waals surface area contributed by atoms with Crippen molar-refractivity contribution in [2.45, 2.75) is 24.3 Å². The minimum absolute atomic E-state index is 0.0494. The van der Waals surface area contributed by atoms with Crippen molar-refractivity contribution in [3.05, 3.63) is 59.7 Å². The van der Waals surface area contributed by atoms with Gasteiger partial charge < -0.3 is 19.5 Å². The molecule has 2 rings (SSSR count). The predicted molar refractivity (Wildman–Crippen MR) is 123 cm³/mol. The molecule has 0 saturated carbocycles. The normalized spacial score (nSPS) is 12.2. The third-order valence-electron chi connectivity index (χ3n) is 4.66. The molecule has 0 aliphatic heterocycles. The van der Waals surface area contributed by atoms with Crippen molar-refractivity contribution in [3.8, 4) is 11.5 Å². The summed E-state index contributed by atoms with van der Waals surface area (Å²) in [5.74, 6) is -0.159. The maximum atomic E-state index is 12.6. The minimum Gasteiger partial charge on any atom is -0.497 e. The molecule has 9 nitrogen and oxygen atoms in total. The molecule has 0 saturated heterocycles. The van der Waals surface area contributed by atoms with E-state index in [2.05, 4.69) is 10.0 Å². The first kappa shape index (κ1) is 25.9. The van der Waals surface area contributed by atoms with Gasteiger partial charge in [-0.3, -0.25) is 9.59 Å². The average molecular weight is 477 g/mol. The Kier molecular flexibility index (Phi) is 9.43. The number of sulfonamides is 1. The molecule has 0 bridgehead atoms. The highest BCUT2D eigenvalue weighted by Crippen LogP contribution is 2.25. The third kappa shape index (κ3) is 7.33. The van der Waals surface area contributed by atoms with Crippen LogP contribution in [-0.4, -0.2) is 48.2 Å². The van der Waals surface area contributed by atoms with E-state index in [1.165, 1.54) is 45.6 Å². The Morgan fingerprint density at radius 2 is 1.85 bits per heavy atom. The second-order valence-corrected chi connectivity index (χ2v) is 8.65. The van der Waals surface area contributed by atoms with Crippen molar-refractivity contribution in [2.75, 3.05) is 27.9 Å². The summed E-state index contributed by atoms with van der Waals surface area (Å²) in [5.41, 5.74) is 1.15. The molecule has 33 heavy (non-hydrogen) atoms. The van der Waals surface area contributed by atoms with E-state index in [1.54, 1.807) is 37.3 Å². The van der Waals surface area contributed by atoms with Crippen LogP contribution >= 0.6 is 0 Å². The lowest BCUT2D eigenvalue weighted by Gasteiger charge is -2.18. The van der Waals surface area contributed by atoms with Crippen molar-refractivity contribution in [3.63, 3.8) is 0 Å². The van der Waals surface area contributed by atoms with Crippen molar-refractivity contribution in [1.82, 2.24) is 10.0 Å². The van der Waals surface area contributed by atoms with Crippen LogP contribution in [0.3, 0.4) is 0 Å². The van der Waals surface area contributed by atoms with Gasteiger partial charge in [0.05, 0.1) is 33.3 Å². The number of hydrogen-bond donors (Lipinski definition) is 2. The fourth-order valence-corrected chi connectivity index (χ4v) is 3.93. The number of carbonyl (C=O) groups excluding carboxylic acids is 2. The molecular formula is C23H28N2O7S. The summed E-state index contributed by atoms with van der Waals surface area (Å²) in [6.45, 7) is 1.93. The lowest BCUT2D eigenvalue weighted by molar-refractivity contribution is -0.143. The number of rotatable bonds is 11. The summed E-state index contributed by atoms with van der Waals surface area (Å²) < 4.78 is 42.1. The lowest BCUT2D eigenvalue weighted by Crippen LogP contribution is -2.29. The van der Waals surface area contributed by atoms with Crippen molar-refractivity contribution in [1.29, 1.82) is 0 Å². The maximum absolute atomic E-state index is 12.6.